The quantitative estimate of drug-likeness (QED) is 0.512. The zero-order valence-corrected chi connectivity index (χ0v) is 18.4. The Labute approximate surface area is 188 Å². The molecule has 2 aromatic carbocycles. The van der Waals surface area contributed by atoms with E-state index in [1.54, 1.807) is 24.3 Å². The number of benzene rings is 2. The molecule has 6 heteroatoms. The number of hydrogen-bond acceptors (Lipinski definition) is 3. The zero-order valence-electron chi connectivity index (χ0n) is 18.4. The number of nitrogens with zero attached hydrogens (tertiary/aromatic N) is 1. The van der Waals surface area contributed by atoms with Gasteiger partial charge in [0.05, 0.1) is 35.4 Å². The second kappa shape index (κ2) is 10.0. The van der Waals surface area contributed by atoms with E-state index in [0.717, 1.165) is 29.3 Å². The molecule has 1 aromatic heterocycles. The number of carbonyl (C=O) groups is 2. The van der Waals surface area contributed by atoms with Crippen LogP contribution in [0.15, 0.2) is 54.7 Å². The standard InChI is InChI=1S/C26H30N2O4/c1-18(19-10-12-21(13-11-19)26(30)31)27-25(29)23-9-5-6-20-14-15-28(24(20)23)16-17-32-22-7-3-2-4-8-22/h5-6,9-15,18,22H,2-4,7-8,16-17H2,1H3,(H,27,29)(H,30,31)/t18-/m0/s1. The van der Waals surface area contributed by atoms with Crippen molar-refractivity contribution in [3.63, 3.8) is 0 Å². The fraction of sp³-hybridized carbons (Fsp3) is 0.385. The lowest BCUT2D eigenvalue weighted by atomic mass is 9.98. The highest BCUT2D eigenvalue weighted by atomic mass is 16.5. The summed E-state index contributed by atoms with van der Waals surface area (Å²) in [5, 5.41) is 13.1. The van der Waals surface area contributed by atoms with Crippen molar-refractivity contribution in [2.75, 3.05) is 6.61 Å². The number of fused-ring (bicyclic) bond motifs is 1. The lowest BCUT2D eigenvalue weighted by molar-refractivity contribution is 0.0245. The van der Waals surface area contributed by atoms with Crippen molar-refractivity contribution in [1.82, 2.24) is 9.88 Å². The number of hydrogen-bond donors (Lipinski definition) is 2. The SMILES string of the molecule is C[C@H](NC(=O)c1cccc2ccn(CCOC3CCCCC3)c12)c1ccc(C(=O)O)cc1. The summed E-state index contributed by atoms with van der Waals surface area (Å²) in [5.74, 6) is -1.12. The van der Waals surface area contributed by atoms with E-state index in [0.29, 0.717) is 24.8 Å². The Hall–Kier alpha value is -3.12. The van der Waals surface area contributed by atoms with Crippen LogP contribution in [0.3, 0.4) is 0 Å². The van der Waals surface area contributed by atoms with Gasteiger partial charge in [-0.15, -0.1) is 0 Å². The number of aromatic carboxylic acids is 1. The van der Waals surface area contributed by atoms with Gasteiger partial charge in [0.2, 0.25) is 0 Å². The van der Waals surface area contributed by atoms with Gasteiger partial charge in [0.15, 0.2) is 0 Å². The van der Waals surface area contributed by atoms with Crippen LogP contribution < -0.4 is 5.32 Å². The van der Waals surface area contributed by atoms with Crippen molar-refractivity contribution in [3.8, 4) is 0 Å². The lowest BCUT2D eigenvalue weighted by Crippen LogP contribution is -2.27. The fourth-order valence-electron chi connectivity index (χ4n) is 4.45. The number of nitrogens with one attached hydrogen (secondary N) is 1. The molecular formula is C26H30N2O4. The van der Waals surface area contributed by atoms with E-state index in [4.69, 9.17) is 9.84 Å². The van der Waals surface area contributed by atoms with E-state index in [1.807, 2.05) is 37.4 Å². The number of ether oxygens (including phenoxy) is 1. The third-order valence-corrected chi connectivity index (χ3v) is 6.28. The van der Waals surface area contributed by atoms with E-state index >= 15 is 0 Å². The van der Waals surface area contributed by atoms with Crippen LogP contribution in [0.4, 0.5) is 0 Å². The topological polar surface area (TPSA) is 80.6 Å². The highest BCUT2D eigenvalue weighted by Crippen LogP contribution is 2.23. The first-order valence-electron chi connectivity index (χ1n) is 11.4. The molecule has 0 radical (unpaired) electrons. The Morgan fingerprint density at radius 3 is 2.56 bits per heavy atom. The summed E-state index contributed by atoms with van der Waals surface area (Å²) in [7, 11) is 0. The number of carboxylic acids is 1. The van der Waals surface area contributed by atoms with Crippen LogP contribution in [0.25, 0.3) is 10.9 Å². The van der Waals surface area contributed by atoms with Crippen LogP contribution in [0.1, 0.15) is 71.3 Å². The number of rotatable bonds is 8. The van der Waals surface area contributed by atoms with Crippen molar-refractivity contribution >= 4 is 22.8 Å². The molecule has 3 aromatic rings. The number of amides is 1. The summed E-state index contributed by atoms with van der Waals surface area (Å²) in [6.45, 7) is 3.23. The molecule has 2 N–H and O–H groups in total. The molecule has 32 heavy (non-hydrogen) atoms. The molecule has 1 saturated carbocycles. The van der Waals surface area contributed by atoms with E-state index in [1.165, 1.54) is 19.3 Å². The van der Waals surface area contributed by atoms with Gasteiger partial charge >= 0.3 is 5.97 Å². The first-order chi connectivity index (χ1) is 15.5. The zero-order chi connectivity index (χ0) is 22.5. The summed E-state index contributed by atoms with van der Waals surface area (Å²) in [6.07, 6.45) is 8.47. The van der Waals surface area contributed by atoms with E-state index < -0.39 is 5.97 Å². The third kappa shape index (κ3) is 5.02. The Morgan fingerprint density at radius 2 is 1.84 bits per heavy atom. The van der Waals surface area contributed by atoms with Crippen LogP contribution in [0.5, 0.6) is 0 Å². The van der Waals surface area contributed by atoms with Crippen molar-refractivity contribution in [3.05, 3.63) is 71.4 Å². The smallest absolute Gasteiger partial charge is 0.335 e. The van der Waals surface area contributed by atoms with Gasteiger partial charge in [0, 0.05) is 18.1 Å². The summed E-state index contributed by atoms with van der Waals surface area (Å²) in [4.78, 5) is 24.2. The van der Waals surface area contributed by atoms with Crippen LogP contribution in [0.2, 0.25) is 0 Å². The largest absolute Gasteiger partial charge is 0.478 e. The predicted molar refractivity (Wildman–Crippen MR) is 124 cm³/mol. The Bertz CT molecular complexity index is 1080. The average Bonchev–Trinajstić information content (AvgIpc) is 3.23. The molecule has 1 heterocycles. The molecule has 1 aliphatic carbocycles. The monoisotopic (exact) mass is 434 g/mol. The second-order valence-electron chi connectivity index (χ2n) is 8.51. The van der Waals surface area contributed by atoms with Gasteiger partial charge in [-0.05, 0) is 49.6 Å². The molecule has 1 atom stereocenters. The average molecular weight is 435 g/mol. The van der Waals surface area contributed by atoms with Gasteiger partial charge in [0.25, 0.3) is 5.91 Å². The molecular weight excluding hydrogens is 404 g/mol. The molecule has 168 valence electrons. The molecule has 1 fully saturated rings. The van der Waals surface area contributed by atoms with Crippen molar-refractivity contribution in [1.29, 1.82) is 0 Å². The molecule has 1 amide bonds. The van der Waals surface area contributed by atoms with Gasteiger partial charge in [-0.3, -0.25) is 4.79 Å². The number of carbonyl (C=O) groups excluding carboxylic acids is 1. The van der Waals surface area contributed by atoms with Gasteiger partial charge < -0.3 is 19.7 Å². The highest BCUT2D eigenvalue weighted by molar-refractivity contribution is 6.06. The minimum Gasteiger partial charge on any atom is -0.478 e. The fourth-order valence-corrected chi connectivity index (χ4v) is 4.45. The molecule has 1 aliphatic rings. The van der Waals surface area contributed by atoms with Crippen LogP contribution in [-0.4, -0.2) is 34.3 Å². The van der Waals surface area contributed by atoms with E-state index in [-0.39, 0.29) is 17.5 Å². The maximum absolute atomic E-state index is 13.1. The van der Waals surface area contributed by atoms with Crippen molar-refractivity contribution in [2.45, 2.75) is 57.7 Å². The lowest BCUT2D eigenvalue weighted by Gasteiger charge is -2.22. The van der Waals surface area contributed by atoms with Crippen LogP contribution >= 0.6 is 0 Å². The molecule has 0 saturated heterocycles. The minimum atomic E-state index is -0.965. The third-order valence-electron chi connectivity index (χ3n) is 6.28. The maximum Gasteiger partial charge on any atom is 0.335 e. The van der Waals surface area contributed by atoms with Gasteiger partial charge in [-0.25, -0.2) is 4.79 Å². The van der Waals surface area contributed by atoms with Gasteiger partial charge in [-0.1, -0.05) is 43.5 Å². The van der Waals surface area contributed by atoms with Gasteiger partial charge in [0.1, 0.15) is 0 Å². The highest BCUT2D eigenvalue weighted by Gasteiger charge is 2.18. The predicted octanol–water partition coefficient (Wildman–Crippen LogP) is 5.18. The molecule has 0 spiro atoms. The summed E-state index contributed by atoms with van der Waals surface area (Å²) >= 11 is 0. The Kier molecular flexibility index (Phi) is 6.90. The number of para-hydroxylation sites is 1. The maximum atomic E-state index is 13.1. The molecule has 6 nitrogen and oxygen atoms in total. The van der Waals surface area contributed by atoms with Crippen molar-refractivity contribution < 1.29 is 19.4 Å². The van der Waals surface area contributed by atoms with Crippen LogP contribution in [-0.2, 0) is 11.3 Å². The summed E-state index contributed by atoms with van der Waals surface area (Å²) in [6, 6.07) is 14.1. The Morgan fingerprint density at radius 1 is 1.09 bits per heavy atom. The van der Waals surface area contributed by atoms with Gasteiger partial charge in [-0.2, -0.15) is 0 Å². The van der Waals surface area contributed by atoms with E-state index in [9.17, 15) is 9.59 Å². The van der Waals surface area contributed by atoms with Crippen molar-refractivity contribution in [2.24, 2.45) is 0 Å². The summed E-state index contributed by atoms with van der Waals surface area (Å²) < 4.78 is 8.19. The minimum absolute atomic E-state index is 0.154. The normalized spacial score (nSPS) is 15.5. The first-order valence-corrected chi connectivity index (χ1v) is 11.4. The molecule has 0 bridgehead atoms. The molecule has 0 aliphatic heterocycles. The molecule has 4 rings (SSSR count). The number of aromatic nitrogens is 1. The summed E-state index contributed by atoms with van der Waals surface area (Å²) in [5.41, 5.74) is 2.61. The second-order valence-corrected chi connectivity index (χ2v) is 8.51. The Balaban J connectivity index is 1.46. The van der Waals surface area contributed by atoms with Crippen LogP contribution in [0, 0.1) is 0 Å². The number of carboxylic acid groups (broad SMARTS) is 1. The van der Waals surface area contributed by atoms with E-state index in [2.05, 4.69) is 9.88 Å². The first kappa shape index (κ1) is 22.1. The molecule has 0 unspecified atom stereocenters.